The Hall–Kier alpha value is -0.870. The molecule has 0 saturated carbocycles. The van der Waals surface area contributed by atoms with Crippen LogP contribution in [0.1, 0.15) is 45.2 Å². The smallest absolute Gasteiger partial charge is 0.0537 e. The fourth-order valence-electron chi connectivity index (χ4n) is 2.93. The van der Waals surface area contributed by atoms with E-state index >= 15 is 0 Å². The minimum Gasteiger partial charge on any atom is -0.309 e. The molecule has 2 heterocycles. The zero-order chi connectivity index (χ0) is 13.8. The van der Waals surface area contributed by atoms with Gasteiger partial charge in [-0.25, -0.2) is 0 Å². The van der Waals surface area contributed by atoms with Gasteiger partial charge in [0.25, 0.3) is 0 Å². The number of likely N-dealkylation sites (tertiary alicyclic amines) is 1. The molecule has 0 radical (unpaired) electrons. The van der Waals surface area contributed by atoms with Crippen LogP contribution in [0, 0.1) is 5.92 Å². The van der Waals surface area contributed by atoms with Gasteiger partial charge < -0.3 is 5.32 Å². The Labute approximate surface area is 117 Å². The lowest BCUT2D eigenvalue weighted by Gasteiger charge is -2.27. The maximum absolute atomic E-state index is 4.24. The Morgan fingerprint density at radius 3 is 2.84 bits per heavy atom. The van der Waals surface area contributed by atoms with Gasteiger partial charge in [0.2, 0.25) is 0 Å². The predicted molar refractivity (Wildman–Crippen MR) is 79.1 cm³/mol. The Bertz CT molecular complexity index is 385. The number of hydrogen-bond donors (Lipinski definition) is 1. The first-order valence-electron chi connectivity index (χ1n) is 7.52. The van der Waals surface area contributed by atoms with Gasteiger partial charge in [-0.15, -0.1) is 0 Å². The van der Waals surface area contributed by atoms with E-state index in [1.54, 1.807) is 0 Å². The molecule has 19 heavy (non-hydrogen) atoms. The van der Waals surface area contributed by atoms with Crippen LogP contribution in [0.3, 0.4) is 0 Å². The van der Waals surface area contributed by atoms with Crippen LogP contribution in [0.2, 0.25) is 0 Å². The van der Waals surface area contributed by atoms with E-state index in [-0.39, 0.29) is 0 Å². The number of nitrogens with zero attached hydrogens (tertiary/aromatic N) is 3. The molecule has 0 aromatic carbocycles. The fraction of sp³-hybridized carbons (Fsp3) is 0.800. The average molecular weight is 264 g/mol. The number of hydrogen-bond acceptors (Lipinski definition) is 3. The standard InChI is InChI=1S/C15H28N4/c1-12(2)10-19-7-5-6-15(19)9-16-13(3)14-8-17-18(4)11-14/h8,11-13,15-16H,5-7,9-10H2,1-4H3/t13-,15-/m0/s1. The van der Waals surface area contributed by atoms with Crippen molar-refractivity contribution >= 4 is 0 Å². The average Bonchev–Trinajstić information content (AvgIpc) is 2.95. The van der Waals surface area contributed by atoms with Crippen LogP contribution in [-0.2, 0) is 7.05 Å². The molecule has 1 N–H and O–H groups in total. The van der Waals surface area contributed by atoms with Gasteiger partial charge in [0, 0.05) is 44.0 Å². The second kappa shape index (κ2) is 6.53. The minimum absolute atomic E-state index is 0.384. The van der Waals surface area contributed by atoms with Crippen molar-refractivity contribution in [3.05, 3.63) is 18.0 Å². The van der Waals surface area contributed by atoms with Crippen LogP contribution < -0.4 is 5.32 Å². The van der Waals surface area contributed by atoms with Crippen molar-refractivity contribution in [2.24, 2.45) is 13.0 Å². The predicted octanol–water partition coefficient (Wildman–Crippen LogP) is 2.19. The molecular formula is C15H28N4. The fourth-order valence-corrected chi connectivity index (χ4v) is 2.93. The zero-order valence-corrected chi connectivity index (χ0v) is 12.8. The van der Waals surface area contributed by atoms with Crippen LogP contribution >= 0.6 is 0 Å². The summed E-state index contributed by atoms with van der Waals surface area (Å²) in [6.07, 6.45) is 6.73. The topological polar surface area (TPSA) is 33.1 Å². The molecule has 4 nitrogen and oxygen atoms in total. The number of aryl methyl sites for hydroxylation is 1. The minimum atomic E-state index is 0.384. The van der Waals surface area contributed by atoms with Crippen molar-refractivity contribution in [1.82, 2.24) is 20.0 Å². The number of rotatable bonds is 6. The third-order valence-electron chi connectivity index (χ3n) is 3.98. The maximum Gasteiger partial charge on any atom is 0.0537 e. The van der Waals surface area contributed by atoms with Crippen molar-refractivity contribution in [3.8, 4) is 0 Å². The second-order valence-electron chi connectivity index (χ2n) is 6.26. The van der Waals surface area contributed by atoms with Crippen molar-refractivity contribution in [2.45, 2.75) is 45.7 Å². The van der Waals surface area contributed by atoms with E-state index in [1.807, 2.05) is 17.9 Å². The third kappa shape index (κ3) is 4.05. The summed E-state index contributed by atoms with van der Waals surface area (Å²) >= 11 is 0. The number of nitrogens with one attached hydrogen (secondary N) is 1. The van der Waals surface area contributed by atoms with Crippen LogP contribution in [0.25, 0.3) is 0 Å². The highest BCUT2D eigenvalue weighted by Crippen LogP contribution is 2.19. The quantitative estimate of drug-likeness (QED) is 0.855. The summed E-state index contributed by atoms with van der Waals surface area (Å²) in [5, 5.41) is 7.90. The van der Waals surface area contributed by atoms with Gasteiger partial charge in [0.1, 0.15) is 0 Å². The van der Waals surface area contributed by atoms with Gasteiger partial charge in [-0.05, 0) is 32.2 Å². The molecule has 0 aliphatic carbocycles. The summed E-state index contributed by atoms with van der Waals surface area (Å²) in [6.45, 7) is 10.4. The highest BCUT2D eigenvalue weighted by atomic mass is 15.2. The Morgan fingerprint density at radius 1 is 1.42 bits per heavy atom. The van der Waals surface area contributed by atoms with Crippen LogP contribution in [-0.4, -0.2) is 40.4 Å². The molecule has 2 atom stereocenters. The lowest BCUT2D eigenvalue weighted by Crippen LogP contribution is -2.40. The molecule has 1 aliphatic rings. The first kappa shape index (κ1) is 14.5. The highest BCUT2D eigenvalue weighted by molar-refractivity contribution is 5.09. The summed E-state index contributed by atoms with van der Waals surface area (Å²) in [5.41, 5.74) is 1.27. The van der Waals surface area contributed by atoms with Crippen molar-refractivity contribution < 1.29 is 0 Å². The van der Waals surface area contributed by atoms with Gasteiger partial charge >= 0.3 is 0 Å². The summed E-state index contributed by atoms with van der Waals surface area (Å²) in [4.78, 5) is 2.65. The molecule has 1 fully saturated rings. The second-order valence-corrected chi connectivity index (χ2v) is 6.26. The molecule has 2 rings (SSSR count). The van der Waals surface area contributed by atoms with Crippen molar-refractivity contribution in [1.29, 1.82) is 0 Å². The molecule has 0 unspecified atom stereocenters. The van der Waals surface area contributed by atoms with Crippen LogP contribution in [0.5, 0.6) is 0 Å². The highest BCUT2D eigenvalue weighted by Gasteiger charge is 2.25. The molecule has 0 amide bonds. The first-order chi connectivity index (χ1) is 9.06. The molecular weight excluding hydrogens is 236 g/mol. The molecule has 0 spiro atoms. The van der Waals surface area contributed by atoms with Crippen molar-refractivity contribution in [3.63, 3.8) is 0 Å². The molecule has 1 aliphatic heterocycles. The molecule has 1 aromatic rings. The Kier molecular flexibility index (Phi) is 4.99. The summed E-state index contributed by atoms with van der Waals surface area (Å²) in [7, 11) is 1.97. The summed E-state index contributed by atoms with van der Waals surface area (Å²) < 4.78 is 1.87. The van der Waals surface area contributed by atoms with Crippen LogP contribution in [0.15, 0.2) is 12.4 Å². The van der Waals surface area contributed by atoms with E-state index in [0.29, 0.717) is 12.1 Å². The van der Waals surface area contributed by atoms with Crippen molar-refractivity contribution in [2.75, 3.05) is 19.6 Å². The van der Waals surface area contributed by atoms with Crippen LogP contribution in [0.4, 0.5) is 0 Å². The van der Waals surface area contributed by atoms with Gasteiger partial charge in [0.05, 0.1) is 6.20 Å². The number of aromatic nitrogens is 2. The SMILES string of the molecule is CC(C)CN1CCC[C@H]1CN[C@@H](C)c1cnn(C)c1. The van der Waals surface area contributed by atoms with E-state index in [0.717, 1.165) is 12.5 Å². The molecule has 4 heteroatoms. The summed E-state index contributed by atoms with van der Waals surface area (Å²) in [6, 6.07) is 1.09. The van der Waals surface area contributed by atoms with Gasteiger partial charge in [0.15, 0.2) is 0 Å². The normalized spacial score (nSPS) is 22.3. The van der Waals surface area contributed by atoms with E-state index in [1.165, 1.54) is 31.5 Å². The maximum atomic E-state index is 4.24. The molecule has 108 valence electrons. The monoisotopic (exact) mass is 264 g/mol. The van der Waals surface area contributed by atoms with E-state index in [2.05, 4.69) is 42.3 Å². The molecule has 1 saturated heterocycles. The zero-order valence-electron chi connectivity index (χ0n) is 12.8. The summed E-state index contributed by atoms with van der Waals surface area (Å²) in [5.74, 6) is 0.761. The van der Waals surface area contributed by atoms with E-state index < -0.39 is 0 Å². The van der Waals surface area contributed by atoms with E-state index in [9.17, 15) is 0 Å². The van der Waals surface area contributed by atoms with Gasteiger partial charge in [-0.2, -0.15) is 5.10 Å². The lowest BCUT2D eigenvalue weighted by molar-refractivity contribution is 0.218. The Morgan fingerprint density at radius 2 is 2.21 bits per heavy atom. The first-order valence-corrected chi connectivity index (χ1v) is 7.52. The molecule has 0 bridgehead atoms. The third-order valence-corrected chi connectivity index (χ3v) is 3.98. The molecule has 1 aromatic heterocycles. The van der Waals surface area contributed by atoms with Gasteiger partial charge in [-0.1, -0.05) is 13.8 Å². The van der Waals surface area contributed by atoms with E-state index in [4.69, 9.17) is 0 Å². The lowest BCUT2D eigenvalue weighted by atomic mass is 10.1. The Balaban J connectivity index is 1.81. The largest absolute Gasteiger partial charge is 0.309 e. The van der Waals surface area contributed by atoms with Gasteiger partial charge in [-0.3, -0.25) is 9.58 Å².